The number of aliphatic hydroxyl groups is 1. The van der Waals surface area contributed by atoms with Crippen LogP contribution in [0, 0.1) is 5.92 Å². The van der Waals surface area contributed by atoms with E-state index < -0.39 is 0 Å². The maximum Gasteiger partial charge on any atom is 0.220 e. The summed E-state index contributed by atoms with van der Waals surface area (Å²) >= 11 is 1.69. The summed E-state index contributed by atoms with van der Waals surface area (Å²) in [7, 11) is 0. The summed E-state index contributed by atoms with van der Waals surface area (Å²) in [5, 5.41) is 13.0. The zero-order chi connectivity index (χ0) is 14.9. The monoisotopic (exact) mass is 307 g/mol. The van der Waals surface area contributed by atoms with Gasteiger partial charge in [0.15, 0.2) is 0 Å². The molecule has 0 heterocycles. The van der Waals surface area contributed by atoms with Crippen LogP contribution in [0.25, 0.3) is 0 Å². The van der Waals surface area contributed by atoms with E-state index in [4.69, 9.17) is 0 Å². The SMILES string of the molecule is O=C(CCSc1ccccc1)NC[C@H](O)C1CCCCC1. The first-order valence-corrected chi connectivity index (χ1v) is 8.87. The molecule has 1 amide bonds. The van der Waals surface area contributed by atoms with Crippen molar-refractivity contribution in [2.45, 2.75) is 49.5 Å². The van der Waals surface area contributed by atoms with Crippen LogP contribution in [0.4, 0.5) is 0 Å². The van der Waals surface area contributed by atoms with E-state index in [9.17, 15) is 9.90 Å². The van der Waals surface area contributed by atoms with Crippen molar-refractivity contribution in [3.05, 3.63) is 30.3 Å². The summed E-state index contributed by atoms with van der Waals surface area (Å²) in [6.07, 6.45) is 6.02. The molecule has 0 unspecified atom stereocenters. The average molecular weight is 307 g/mol. The molecule has 1 fully saturated rings. The molecule has 2 rings (SSSR count). The lowest BCUT2D eigenvalue weighted by atomic mass is 9.85. The van der Waals surface area contributed by atoms with Crippen molar-refractivity contribution in [2.24, 2.45) is 5.92 Å². The van der Waals surface area contributed by atoms with E-state index in [1.54, 1.807) is 11.8 Å². The Hall–Kier alpha value is -1.00. The van der Waals surface area contributed by atoms with E-state index in [-0.39, 0.29) is 12.0 Å². The van der Waals surface area contributed by atoms with Crippen LogP contribution in [0.15, 0.2) is 35.2 Å². The van der Waals surface area contributed by atoms with Crippen molar-refractivity contribution >= 4 is 17.7 Å². The molecule has 116 valence electrons. The molecular weight excluding hydrogens is 282 g/mol. The lowest BCUT2D eigenvalue weighted by Gasteiger charge is -2.26. The first kappa shape index (κ1) is 16.4. The number of thioether (sulfide) groups is 1. The number of hydrogen-bond donors (Lipinski definition) is 2. The molecule has 1 aromatic rings. The normalized spacial score (nSPS) is 17.4. The first-order valence-electron chi connectivity index (χ1n) is 7.88. The number of nitrogens with one attached hydrogen (secondary N) is 1. The van der Waals surface area contributed by atoms with Gasteiger partial charge < -0.3 is 10.4 Å². The predicted octanol–water partition coefficient (Wildman–Crippen LogP) is 3.23. The van der Waals surface area contributed by atoms with Crippen LogP contribution in [0.2, 0.25) is 0 Å². The van der Waals surface area contributed by atoms with Crippen molar-refractivity contribution in [3.63, 3.8) is 0 Å². The average Bonchev–Trinajstić information content (AvgIpc) is 2.54. The van der Waals surface area contributed by atoms with Gasteiger partial charge in [-0.15, -0.1) is 11.8 Å². The minimum atomic E-state index is -0.379. The quantitative estimate of drug-likeness (QED) is 0.760. The number of benzene rings is 1. The van der Waals surface area contributed by atoms with Crippen LogP contribution in [-0.4, -0.2) is 29.4 Å². The molecule has 1 aliphatic carbocycles. The zero-order valence-corrected chi connectivity index (χ0v) is 13.3. The van der Waals surface area contributed by atoms with Gasteiger partial charge in [0, 0.05) is 23.6 Å². The second-order valence-corrected chi connectivity index (χ2v) is 6.85. The molecule has 4 heteroatoms. The molecule has 0 saturated heterocycles. The van der Waals surface area contributed by atoms with E-state index in [1.165, 1.54) is 24.2 Å². The van der Waals surface area contributed by atoms with Gasteiger partial charge in [-0.3, -0.25) is 4.79 Å². The minimum Gasteiger partial charge on any atom is -0.391 e. The van der Waals surface area contributed by atoms with Crippen LogP contribution >= 0.6 is 11.8 Å². The van der Waals surface area contributed by atoms with Crippen molar-refractivity contribution < 1.29 is 9.90 Å². The minimum absolute atomic E-state index is 0.0355. The Balaban J connectivity index is 1.58. The zero-order valence-electron chi connectivity index (χ0n) is 12.5. The molecule has 0 aromatic heterocycles. The van der Waals surface area contributed by atoms with Crippen LogP contribution < -0.4 is 5.32 Å². The highest BCUT2D eigenvalue weighted by Crippen LogP contribution is 2.26. The lowest BCUT2D eigenvalue weighted by Crippen LogP contribution is -2.37. The van der Waals surface area contributed by atoms with Gasteiger partial charge in [-0.1, -0.05) is 37.5 Å². The number of aliphatic hydroxyl groups excluding tert-OH is 1. The number of hydrogen-bond acceptors (Lipinski definition) is 3. The van der Waals surface area contributed by atoms with E-state index >= 15 is 0 Å². The van der Waals surface area contributed by atoms with Gasteiger partial charge in [0.2, 0.25) is 5.91 Å². The molecule has 1 atom stereocenters. The molecule has 1 aliphatic rings. The van der Waals surface area contributed by atoms with Crippen molar-refractivity contribution in [2.75, 3.05) is 12.3 Å². The van der Waals surface area contributed by atoms with Crippen molar-refractivity contribution in [1.29, 1.82) is 0 Å². The Morgan fingerprint density at radius 1 is 1.24 bits per heavy atom. The standard InChI is InChI=1S/C17H25NO2S/c19-16(14-7-3-1-4-8-14)13-18-17(20)11-12-21-15-9-5-2-6-10-15/h2,5-6,9-10,14,16,19H,1,3-4,7-8,11-13H2,(H,18,20)/t16-/m0/s1. The fraction of sp³-hybridized carbons (Fsp3) is 0.588. The second-order valence-electron chi connectivity index (χ2n) is 5.68. The maximum absolute atomic E-state index is 11.8. The van der Waals surface area contributed by atoms with Crippen LogP contribution in [-0.2, 0) is 4.79 Å². The fourth-order valence-corrected chi connectivity index (χ4v) is 3.64. The Morgan fingerprint density at radius 2 is 1.95 bits per heavy atom. The molecule has 0 bridgehead atoms. The summed E-state index contributed by atoms with van der Waals surface area (Å²) in [4.78, 5) is 13.0. The van der Waals surface area contributed by atoms with Gasteiger partial charge >= 0.3 is 0 Å². The number of carbonyl (C=O) groups excluding carboxylic acids is 1. The summed E-state index contributed by atoms with van der Waals surface area (Å²) in [6, 6.07) is 10.1. The third-order valence-corrected chi connectivity index (χ3v) is 5.06. The van der Waals surface area contributed by atoms with Crippen molar-refractivity contribution in [1.82, 2.24) is 5.32 Å². The Kier molecular flexibility index (Phi) is 7.10. The highest BCUT2D eigenvalue weighted by atomic mass is 32.2. The van der Waals surface area contributed by atoms with Crippen LogP contribution in [0.3, 0.4) is 0 Å². The molecule has 0 aliphatic heterocycles. The second kappa shape index (κ2) is 9.11. The Bertz CT molecular complexity index is 418. The summed E-state index contributed by atoms with van der Waals surface area (Å²) in [5.41, 5.74) is 0. The van der Waals surface area contributed by atoms with Gasteiger partial charge in [0.25, 0.3) is 0 Å². The molecular formula is C17H25NO2S. The van der Waals surface area contributed by atoms with Gasteiger partial charge in [-0.25, -0.2) is 0 Å². The number of carbonyl (C=O) groups is 1. The lowest BCUT2D eigenvalue weighted by molar-refractivity contribution is -0.121. The van der Waals surface area contributed by atoms with Crippen molar-refractivity contribution in [3.8, 4) is 0 Å². The smallest absolute Gasteiger partial charge is 0.220 e. The molecule has 0 radical (unpaired) electrons. The van der Waals surface area contributed by atoms with E-state index in [2.05, 4.69) is 17.4 Å². The molecule has 21 heavy (non-hydrogen) atoms. The van der Waals surface area contributed by atoms with Gasteiger partial charge in [0.05, 0.1) is 6.10 Å². The summed E-state index contributed by atoms with van der Waals surface area (Å²) in [6.45, 7) is 0.402. The van der Waals surface area contributed by atoms with E-state index in [1.807, 2.05) is 18.2 Å². The van der Waals surface area contributed by atoms with Crippen LogP contribution in [0.1, 0.15) is 38.5 Å². The fourth-order valence-electron chi connectivity index (χ4n) is 2.77. The largest absolute Gasteiger partial charge is 0.391 e. The molecule has 1 saturated carbocycles. The highest BCUT2D eigenvalue weighted by molar-refractivity contribution is 7.99. The highest BCUT2D eigenvalue weighted by Gasteiger charge is 2.21. The van der Waals surface area contributed by atoms with Gasteiger partial charge in [-0.05, 0) is 30.9 Å². The van der Waals surface area contributed by atoms with Gasteiger partial charge in [-0.2, -0.15) is 0 Å². The molecule has 0 spiro atoms. The van der Waals surface area contributed by atoms with Crippen LogP contribution in [0.5, 0.6) is 0 Å². The van der Waals surface area contributed by atoms with Gasteiger partial charge in [0.1, 0.15) is 0 Å². The number of rotatable bonds is 7. The molecule has 3 nitrogen and oxygen atoms in total. The van der Waals surface area contributed by atoms with E-state index in [0.29, 0.717) is 18.9 Å². The third-order valence-electron chi connectivity index (χ3n) is 4.04. The molecule has 1 aromatic carbocycles. The van der Waals surface area contributed by atoms with E-state index in [0.717, 1.165) is 18.6 Å². The number of amides is 1. The summed E-state index contributed by atoms with van der Waals surface area (Å²) in [5.74, 6) is 1.18. The maximum atomic E-state index is 11.8. The Morgan fingerprint density at radius 3 is 2.67 bits per heavy atom. The Labute approximate surface area is 131 Å². The summed E-state index contributed by atoms with van der Waals surface area (Å²) < 4.78 is 0. The topological polar surface area (TPSA) is 49.3 Å². The molecule has 2 N–H and O–H groups in total. The first-order chi connectivity index (χ1) is 10.3. The third kappa shape index (κ3) is 6.10. The predicted molar refractivity (Wildman–Crippen MR) is 87.4 cm³/mol.